The average Bonchev–Trinajstić information content (AvgIpc) is 3.22. The minimum atomic E-state index is -0.538. The van der Waals surface area contributed by atoms with E-state index in [9.17, 15) is 9.59 Å². The second-order valence-corrected chi connectivity index (χ2v) is 7.39. The first-order valence-corrected chi connectivity index (χ1v) is 9.83. The lowest BCUT2D eigenvalue weighted by Crippen LogP contribution is -2.21. The van der Waals surface area contributed by atoms with Crippen LogP contribution in [0.3, 0.4) is 0 Å². The molecule has 0 atom stereocenters. The fourth-order valence-corrected chi connectivity index (χ4v) is 3.93. The van der Waals surface area contributed by atoms with Crippen molar-refractivity contribution in [1.82, 2.24) is 4.98 Å². The number of benzene rings is 3. The van der Waals surface area contributed by atoms with E-state index in [1.54, 1.807) is 24.3 Å². The summed E-state index contributed by atoms with van der Waals surface area (Å²) < 4.78 is 5.42. The third kappa shape index (κ3) is 3.19. The number of hydrogen-bond acceptors (Lipinski definition) is 5. The van der Waals surface area contributed by atoms with Gasteiger partial charge in [0.05, 0.1) is 11.1 Å². The first kappa shape index (κ1) is 17.3. The number of nitrogens with zero attached hydrogens (tertiary/aromatic N) is 1. The molecule has 3 aromatic carbocycles. The van der Waals surface area contributed by atoms with Gasteiger partial charge in [0.15, 0.2) is 5.13 Å². The quantitative estimate of drug-likeness (QED) is 0.446. The molecular formula is C23H14N2O3S. The van der Waals surface area contributed by atoms with Gasteiger partial charge in [0, 0.05) is 10.9 Å². The third-order valence-electron chi connectivity index (χ3n) is 4.69. The molecule has 29 heavy (non-hydrogen) atoms. The lowest BCUT2D eigenvalue weighted by molar-refractivity contribution is 0.102. The Morgan fingerprint density at radius 1 is 0.966 bits per heavy atom. The van der Waals surface area contributed by atoms with Crippen LogP contribution in [0, 0.1) is 0 Å². The van der Waals surface area contributed by atoms with E-state index in [0.717, 1.165) is 22.0 Å². The Morgan fingerprint density at radius 3 is 2.66 bits per heavy atom. The van der Waals surface area contributed by atoms with Crippen molar-refractivity contribution < 1.29 is 9.21 Å². The van der Waals surface area contributed by atoms with Crippen LogP contribution in [-0.2, 0) is 0 Å². The molecule has 0 fully saturated rings. The van der Waals surface area contributed by atoms with Crippen molar-refractivity contribution in [3.05, 3.63) is 94.2 Å². The van der Waals surface area contributed by atoms with Gasteiger partial charge in [-0.2, -0.15) is 0 Å². The number of aromatic nitrogens is 1. The number of carbonyl (C=O) groups is 1. The highest BCUT2D eigenvalue weighted by molar-refractivity contribution is 7.14. The molecular weight excluding hydrogens is 384 g/mol. The van der Waals surface area contributed by atoms with E-state index in [1.807, 2.05) is 35.7 Å². The maximum atomic E-state index is 12.6. The van der Waals surface area contributed by atoms with Gasteiger partial charge in [-0.3, -0.25) is 14.9 Å². The molecule has 6 heteroatoms. The lowest BCUT2D eigenvalue weighted by atomic mass is 10.1. The molecule has 140 valence electrons. The molecule has 0 aliphatic rings. The molecule has 0 saturated heterocycles. The summed E-state index contributed by atoms with van der Waals surface area (Å²) >= 11 is 1.31. The second kappa shape index (κ2) is 7.00. The predicted molar refractivity (Wildman–Crippen MR) is 115 cm³/mol. The minimum Gasteiger partial charge on any atom is -0.463 e. The van der Waals surface area contributed by atoms with Gasteiger partial charge in [0.2, 0.25) is 5.43 Å². The van der Waals surface area contributed by atoms with E-state index in [4.69, 9.17) is 4.42 Å². The predicted octanol–water partition coefficient (Wildman–Crippen LogP) is 5.32. The summed E-state index contributed by atoms with van der Waals surface area (Å²) in [4.78, 5) is 29.7. The largest absolute Gasteiger partial charge is 0.463 e. The number of fused-ring (bicyclic) bond motifs is 2. The van der Waals surface area contributed by atoms with E-state index in [-0.39, 0.29) is 11.0 Å². The maximum Gasteiger partial charge on any atom is 0.264 e. The molecule has 0 aliphatic carbocycles. The first-order chi connectivity index (χ1) is 14.2. The standard InChI is InChI=1S/C23H14N2O3S/c26-21-17-7-3-4-8-20(17)28-12-18(21)22(27)25-23-24-19(13-29-23)16-10-9-14-5-1-2-6-15(14)11-16/h1-13H,(H,24,25,27). The van der Waals surface area contributed by atoms with Crippen LogP contribution >= 0.6 is 11.3 Å². The van der Waals surface area contributed by atoms with Crippen molar-refractivity contribution in [3.63, 3.8) is 0 Å². The Labute approximate surface area is 169 Å². The smallest absolute Gasteiger partial charge is 0.264 e. The van der Waals surface area contributed by atoms with Gasteiger partial charge in [0.1, 0.15) is 17.4 Å². The van der Waals surface area contributed by atoms with Crippen LogP contribution in [0.4, 0.5) is 5.13 Å². The zero-order chi connectivity index (χ0) is 19.8. The van der Waals surface area contributed by atoms with Gasteiger partial charge in [-0.25, -0.2) is 4.98 Å². The fourth-order valence-electron chi connectivity index (χ4n) is 3.21. The minimum absolute atomic E-state index is 0.0499. The van der Waals surface area contributed by atoms with Crippen molar-refractivity contribution in [1.29, 1.82) is 0 Å². The van der Waals surface area contributed by atoms with E-state index in [1.165, 1.54) is 17.6 Å². The fraction of sp³-hybridized carbons (Fsp3) is 0. The molecule has 0 spiro atoms. The van der Waals surface area contributed by atoms with Crippen LogP contribution in [0.1, 0.15) is 10.4 Å². The van der Waals surface area contributed by atoms with Crippen LogP contribution < -0.4 is 10.7 Å². The van der Waals surface area contributed by atoms with Crippen molar-refractivity contribution in [3.8, 4) is 11.3 Å². The summed E-state index contributed by atoms with van der Waals surface area (Å²) in [7, 11) is 0. The summed E-state index contributed by atoms with van der Waals surface area (Å²) in [6.07, 6.45) is 1.19. The van der Waals surface area contributed by atoms with Gasteiger partial charge < -0.3 is 4.42 Å². The summed E-state index contributed by atoms with van der Waals surface area (Å²) in [5.41, 5.74) is 1.76. The van der Waals surface area contributed by atoms with E-state index < -0.39 is 5.91 Å². The summed E-state index contributed by atoms with van der Waals surface area (Å²) in [6, 6.07) is 21.0. The van der Waals surface area contributed by atoms with Crippen molar-refractivity contribution in [2.24, 2.45) is 0 Å². The Hall–Kier alpha value is -3.77. The highest BCUT2D eigenvalue weighted by Gasteiger charge is 2.16. The summed E-state index contributed by atoms with van der Waals surface area (Å²) in [5, 5.41) is 7.65. The van der Waals surface area contributed by atoms with Gasteiger partial charge >= 0.3 is 0 Å². The molecule has 0 aliphatic heterocycles. The van der Waals surface area contributed by atoms with Gasteiger partial charge in [-0.15, -0.1) is 11.3 Å². The molecule has 5 rings (SSSR count). The average molecular weight is 398 g/mol. The molecule has 2 heterocycles. The highest BCUT2D eigenvalue weighted by Crippen LogP contribution is 2.28. The molecule has 0 unspecified atom stereocenters. The second-order valence-electron chi connectivity index (χ2n) is 6.53. The van der Waals surface area contributed by atoms with E-state index >= 15 is 0 Å². The molecule has 5 aromatic rings. The van der Waals surface area contributed by atoms with E-state index in [2.05, 4.69) is 22.4 Å². The van der Waals surface area contributed by atoms with E-state index in [0.29, 0.717) is 16.1 Å². The number of anilines is 1. The number of nitrogens with one attached hydrogen (secondary N) is 1. The van der Waals surface area contributed by atoms with Crippen LogP contribution in [0.25, 0.3) is 33.0 Å². The molecule has 1 amide bonds. The Morgan fingerprint density at radius 2 is 1.76 bits per heavy atom. The lowest BCUT2D eigenvalue weighted by Gasteiger charge is -2.03. The third-order valence-corrected chi connectivity index (χ3v) is 5.45. The highest BCUT2D eigenvalue weighted by atomic mass is 32.1. The number of para-hydroxylation sites is 1. The molecule has 0 saturated carbocycles. The van der Waals surface area contributed by atoms with Crippen molar-refractivity contribution >= 4 is 44.1 Å². The normalized spacial score (nSPS) is 11.0. The number of thiazole rings is 1. The van der Waals surface area contributed by atoms with Gasteiger partial charge in [-0.1, -0.05) is 48.5 Å². The maximum absolute atomic E-state index is 12.6. The molecule has 1 N–H and O–H groups in total. The van der Waals surface area contributed by atoms with Crippen molar-refractivity contribution in [2.45, 2.75) is 0 Å². The van der Waals surface area contributed by atoms with Gasteiger partial charge in [0.25, 0.3) is 5.91 Å². The number of carbonyl (C=O) groups excluding carboxylic acids is 1. The van der Waals surface area contributed by atoms with Gasteiger partial charge in [-0.05, 0) is 29.0 Å². The van der Waals surface area contributed by atoms with Crippen LogP contribution in [0.5, 0.6) is 0 Å². The Kier molecular flexibility index (Phi) is 4.18. The van der Waals surface area contributed by atoms with Crippen molar-refractivity contribution in [2.75, 3.05) is 5.32 Å². The Balaban J connectivity index is 1.43. The monoisotopic (exact) mass is 398 g/mol. The number of hydrogen-bond donors (Lipinski definition) is 1. The summed E-state index contributed by atoms with van der Waals surface area (Å²) in [6.45, 7) is 0. The molecule has 0 bridgehead atoms. The SMILES string of the molecule is O=C(Nc1nc(-c2ccc3ccccc3c2)cs1)c1coc2ccccc2c1=O. The topological polar surface area (TPSA) is 72.2 Å². The Bertz CT molecular complexity index is 1440. The molecule has 0 radical (unpaired) electrons. The zero-order valence-corrected chi connectivity index (χ0v) is 15.9. The molecule has 5 nitrogen and oxygen atoms in total. The van der Waals surface area contributed by atoms with Crippen LogP contribution in [0.15, 0.2) is 87.6 Å². The van der Waals surface area contributed by atoms with Crippen LogP contribution in [0.2, 0.25) is 0 Å². The molecule has 2 aromatic heterocycles. The zero-order valence-electron chi connectivity index (χ0n) is 15.1. The number of rotatable bonds is 3. The number of amides is 1. The first-order valence-electron chi connectivity index (χ1n) is 8.96. The van der Waals surface area contributed by atoms with Crippen LogP contribution in [-0.4, -0.2) is 10.9 Å². The summed E-state index contributed by atoms with van der Waals surface area (Å²) in [5.74, 6) is -0.538.